The molecule has 0 amide bonds. The Balaban J connectivity index is 1.58. The second-order valence-corrected chi connectivity index (χ2v) is 5.40. The number of ether oxygens (including phenoxy) is 1. The van der Waals surface area contributed by atoms with E-state index in [2.05, 4.69) is 10.4 Å². The van der Waals surface area contributed by atoms with Gasteiger partial charge in [0.2, 0.25) is 0 Å². The first-order valence-electron chi connectivity index (χ1n) is 7.62. The van der Waals surface area contributed by atoms with Gasteiger partial charge in [-0.3, -0.25) is 0 Å². The van der Waals surface area contributed by atoms with Gasteiger partial charge in [0.05, 0.1) is 5.69 Å². The topological polar surface area (TPSA) is 39.1 Å². The van der Waals surface area contributed by atoms with Crippen molar-refractivity contribution in [2.45, 2.75) is 12.7 Å². The maximum atomic E-state index is 12.2. The van der Waals surface area contributed by atoms with Crippen LogP contribution in [-0.4, -0.2) is 22.6 Å². The van der Waals surface area contributed by atoms with Gasteiger partial charge in [0, 0.05) is 24.6 Å². The number of aromatic nitrogens is 2. The van der Waals surface area contributed by atoms with Crippen LogP contribution in [0.1, 0.15) is 5.56 Å². The lowest BCUT2D eigenvalue weighted by molar-refractivity contribution is -0.153. The van der Waals surface area contributed by atoms with Crippen LogP contribution >= 0.6 is 0 Å². The molecule has 7 heteroatoms. The normalized spacial score (nSPS) is 11.3. The minimum Gasteiger partial charge on any atom is -0.484 e. The van der Waals surface area contributed by atoms with E-state index in [0.29, 0.717) is 6.54 Å². The monoisotopic (exact) mass is 347 g/mol. The van der Waals surface area contributed by atoms with Gasteiger partial charge in [0.25, 0.3) is 0 Å². The smallest absolute Gasteiger partial charge is 0.422 e. The Kier molecular flexibility index (Phi) is 4.92. The first-order valence-corrected chi connectivity index (χ1v) is 7.62. The molecule has 0 aliphatic rings. The van der Waals surface area contributed by atoms with Gasteiger partial charge in [-0.15, -0.1) is 0 Å². The molecule has 2 aromatic carbocycles. The van der Waals surface area contributed by atoms with Crippen LogP contribution in [0.15, 0.2) is 67.0 Å². The van der Waals surface area contributed by atoms with Crippen LogP contribution in [-0.2, 0) is 6.54 Å². The zero-order chi connectivity index (χ0) is 17.7. The molecule has 1 heterocycles. The Morgan fingerprint density at radius 2 is 1.84 bits per heavy atom. The highest BCUT2D eigenvalue weighted by Gasteiger charge is 2.28. The summed E-state index contributed by atoms with van der Waals surface area (Å²) in [5.74, 6) is 0.200. The molecule has 0 atom stereocenters. The fraction of sp³-hybridized carbons (Fsp3) is 0.167. The van der Waals surface area contributed by atoms with E-state index in [1.54, 1.807) is 23.0 Å². The highest BCUT2D eigenvalue weighted by molar-refractivity contribution is 5.49. The van der Waals surface area contributed by atoms with E-state index >= 15 is 0 Å². The van der Waals surface area contributed by atoms with Gasteiger partial charge in [-0.05, 0) is 48.0 Å². The van der Waals surface area contributed by atoms with Gasteiger partial charge < -0.3 is 10.1 Å². The maximum absolute atomic E-state index is 12.2. The molecular weight excluding hydrogens is 331 g/mol. The molecule has 0 aliphatic heterocycles. The summed E-state index contributed by atoms with van der Waals surface area (Å²) < 4.78 is 43.1. The second-order valence-electron chi connectivity index (χ2n) is 5.40. The van der Waals surface area contributed by atoms with Crippen LogP contribution in [0.25, 0.3) is 5.69 Å². The number of benzene rings is 2. The van der Waals surface area contributed by atoms with Crippen LogP contribution in [0.2, 0.25) is 0 Å². The van der Waals surface area contributed by atoms with E-state index in [0.717, 1.165) is 16.9 Å². The first-order chi connectivity index (χ1) is 12.0. The van der Waals surface area contributed by atoms with Crippen molar-refractivity contribution in [2.24, 2.45) is 0 Å². The maximum Gasteiger partial charge on any atom is 0.422 e. The van der Waals surface area contributed by atoms with Crippen LogP contribution in [0.3, 0.4) is 0 Å². The van der Waals surface area contributed by atoms with Crippen molar-refractivity contribution < 1.29 is 17.9 Å². The lowest BCUT2D eigenvalue weighted by Gasteiger charge is -2.11. The molecule has 0 unspecified atom stereocenters. The minimum absolute atomic E-state index is 0.200. The van der Waals surface area contributed by atoms with E-state index in [-0.39, 0.29) is 5.75 Å². The number of anilines is 1. The molecule has 4 nitrogen and oxygen atoms in total. The third-order valence-electron chi connectivity index (χ3n) is 3.43. The van der Waals surface area contributed by atoms with Gasteiger partial charge in [0.1, 0.15) is 5.75 Å². The van der Waals surface area contributed by atoms with Crippen molar-refractivity contribution in [3.8, 4) is 11.4 Å². The van der Waals surface area contributed by atoms with E-state index in [1.807, 2.05) is 42.6 Å². The highest BCUT2D eigenvalue weighted by atomic mass is 19.4. The van der Waals surface area contributed by atoms with Gasteiger partial charge in [-0.25, -0.2) is 4.68 Å². The molecule has 0 saturated carbocycles. The number of rotatable bonds is 6. The molecule has 3 rings (SSSR count). The van der Waals surface area contributed by atoms with Crippen LogP contribution in [0.4, 0.5) is 18.9 Å². The van der Waals surface area contributed by atoms with Gasteiger partial charge in [-0.2, -0.15) is 18.3 Å². The number of hydrogen-bond acceptors (Lipinski definition) is 3. The summed E-state index contributed by atoms with van der Waals surface area (Å²) in [6.45, 7) is -0.816. The zero-order valence-electron chi connectivity index (χ0n) is 13.2. The first kappa shape index (κ1) is 16.9. The number of hydrogen-bond donors (Lipinski definition) is 1. The Hall–Kier alpha value is -2.96. The average molecular weight is 347 g/mol. The largest absolute Gasteiger partial charge is 0.484 e. The molecule has 1 aromatic heterocycles. The quantitative estimate of drug-likeness (QED) is 0.717. The lowest BCUT2D eigenvalue weighted by atomic mass is 10.2. The summed E-state index contributed by atoms with van der Waals surface area (Å²) in [5, 5.41) is 7.38. The summed E-state index contributed by atoms with van der Waals surface area (Å²) in [6.07, 6.45) is -0.778. The Labute approximate surface area is 142 Å². The number of alkyl halides is 3. The highest BCUT2D eigenvalue weighted by Crippen LogP contribution is 2.20. The molecule has 3 aromatic rings. The van der Waals surface area contributed by atoms with E-state index in [1.165, 1.54) is 6.07 Å². The molecule has 1 N–H and O–H groups in total. The standard InChI is InChI=1S/C18H16F3N3O/c19-18(20,21)13-25-17-4-1-3-14(11-17)12-22-15-5-7-16(8-6-15)24-10-2-9-23-24/h1-11,22H,12-13H2. The third kappa shape index (κ3) is 5.00. The predicted octanol–water partition coefficient (Wildman–Crippen LogP) is 4.43. The summed E-state index contributed by atoms with van der Waals surface area (Å²) >= 11 is 0. The van der Waals surface area contributed by atoms with E-state index in [9.17, 15) is 13.2 Å². The lowest BCUT2D eigenvalue weighted by Crippen LogP contribution is -2.19. The molecule has 130 valence electrons. The van der Waals surface area contributed by atoms with Crippen molar-refractivity contribution in [3.63, 3.8) is 0 Å². The summed E-state index contributed by atoms with van der Waals surface area (Å²) in [7, 11) is 0. The molecule has 0 spiro atoms. The minimum atomic E-state index is -4.34. The molecule has 0 saturated heterocycles. The summed E-state index contributed by atoms with van der Waals surface area (Å²) in [6, 6.07) is 16.1. The average Bonchev–Trinajstić information content (AvgIpc) is 3.13. The summed E-state index contributed by atoms with van der Waals surface area (Å²) in [4.78, 5) is 0. The number of nitrogens with zero attached hydrogens (tertiary/aromatic N) is 2. The van der Waals surface area contributed by atoms with Gasteiger partial charge >= 0.3 is 6.18 Å². The van der Waals surface area contributed by atoms with Crippen molar-refractivity contribution in [1.82, 2.24) is 9.78 Å². The molecule has 0 fully saturated rings. The Morgan fingerprint density at radius 3 is 2.52 bits per heavy atom. The van der Waals surface area contributed by atoms with Crippen LogP contribution in [0, 0.1) is 0 Å². The summed E-state index contributed by atoms with van der Waals surface area (Å²) in [5.41, 5.74) is 2.67. The van der Waals surface area contributed by atoms with Crippen molar-refractivity contribution in [2.75, 3.05) is 11.9 Å². The van der Waals surface area contributed by atoms with Crippen molar-refractivity contribution >= 4 is 5.69 Å². The van der Waals surface area contributed by atoms with Gasteiger partial charge in [0.15, 0.2) is 6.61 Å². The zero-order valence-corrected chi connectivity index (χ0v) is 13.2. The fourth-order valence-electron chi connectivity index (χ4n) is 2.27. The van der Waals surface area contributed by atoms with Crippen LogP contribution < -0.4 is 10.1 Å². The van der Waals surface area contributed by atoms with E-state index < -0.39 is 12.8 Å². The van der Waals surface area contributed by atoms with Crippen LogP contribution in [0.5, 0.6) is 5.75 Å². The van der Waals surface area contributed by atoms with Gasteiger partial charge in [-0.1, -0.05) is 12.1 Å². The Bertz CT molecular complexity index is 799. The van der Waals surface area contributed by atoms with Crippen molar-refractivity contribution in [3.05, 3.63) is 72.6 Å². The van der Waals surface area contributed by atoms with E-state index in [4.69, 9.17) is 4.74 Å². The second kappa shape index (κ2) is 7.29. The fourth-order valence-corrected chi connectivity index (χ4v) is 2.27. The Morgan fingerprint density at radius 1 is 1.04 bits per heavy atom. The molecule has 0 aliphatic carbocycles. The molecule has 0 bridgehead atoms. The predicted molar refractivity (Wildman–Crippen MR) is 88.9 cm³/mol. The number of nitrogens with one attached hydrogen (secondary N) is 1. The third-order valence-corrected chi connectivity index (χ3v) is 3.43. The molecule has 0 radical (unpaired) electrons. The molecular formula is C18H16F3N3O. The van der Waals surface area contributed by atoms with Crippen molar-refractivity contribution in [1.29, 1.82) is 0 Å². The SMILES string of the molecule is FC(F)(F)COc1cccc(CNc2ccc(-n3cccn3)cc2)c1. The molecule has 25 heavy (non-hydrogen) atoms. The number of halogens is 3.